The molecule has 148 valence electrons. The van der Waals surface area contributed by atoms with Crippen molar-refractivity contribution in [2.75, 3.05) is 17.7 Å². The quantitative estimate of drug-likeness (QED) is 0.589. The first-order valence-corrected chi connectivity index (χ1v) is 9.78. The maximum absolute atomic E-state index is 12.8. The lowest BCUT2D eigenvalue weighted by molar-refractivity contribution is 0.0953. The van der Waals surface area contributed by atoms with Gasteiger partial charge in [-0.05, 0) is 42.7 Å². The van der Waals surface area contributed by atoms with Crippen LogP contribution in [0.2, 0.25) is 5.02 Å². The van der Waals surface area contributed by atoms with Crippen LogP contribution in [0.3, 0.4) is 0 Å². The first-order valence-electron chi connectivity index (χ1n) is 9.40. The van der Waals surface area contributed by atoms with Crippen molar-refractivity contribution in [1.29, 1.82) is 0 Å². The Morgan fingerprint density at radius 2 is 1.90 bits per heavy atom. The molecule has 1 heterocycles. The smallest absolute Gasteiger partial charge is 0.229 e. The largest absolute Gasteiger partial charge is 0.495 e. The third-order valence-corrected chi connectivity index (χ3v) is 5.01. The van der Waals surface area contributed by atoms with Crippen LogP contribution in [0.1, 0.15) is 29.4 Å². The number of ketones is 1. The van der Waals surface area contributed by atoms with E-state index in [2.05, 4.69) is 27.5 Å². The minimum Gasteiger partial charge on any atom is -0.495 e. The van der Waals surface area contributed by atoms with Gasteiger partial charge in [-0.15, -0.1) is 0 Å². The van der Waals surface area contributed by atoms with E-state index in [0.29, 0.717) is 40.9 Å². The number of benzene rings is 2. The van der Waals surface area contributed by atoms with Crippen LogP contribution in [0.4, 0.5) is 23.1 Å². The summed E-state index contributed by atoms with van der Waals surface area (Å²) in [5.41, 5.74) is 2.80. The molecule has 1 atom stereocenters. The fraction of sp³-hybridized carbons (Fsp3) is 0.227. The number of nitrogens with zero attached hydrogens (tertiary/aromatic N) is 2. The van der Waals surface area contributed by atoms with Gasteiger partial charge in [0.2, 0.25) is 5.95 Å². The summed E-state index contributed by atoms with van der Waals surface area (Å²) < 4.78 is 5.40. The highest BCUT2D eigenvalue weighted by Gasteiger charge is 2.28. The van der Waals surface area contributed by atoms with Crippen LogP contribution in [-0.2, 0) is 6.42 Å². The number of rotatable bonds is 5. The van der Waals surface area contributed by atoms with E-state index in [0.717, 1.165) is 17.1 Å². The van der Waals surface area contributed by atoms with Gasteiger partial charge in [-0.25, -0.2) is 4.98 Å². The Labute approximate surface area is 174 Å². The molecule has 1 unspecified atom stereocenters. The van der Waals surface area contributed by atoms with Crippen molar-refractivity contribution in [2.45, 2.75) is 19.8 Å². The number of aromatic nitrogens is 2. The number of carbonyl (C=O) groups excluding carboxylic acids is 1. The first kappa shape index (κ1) is 19.2. The van der Waals surface area contributed by atoms with Crippen LogP contribution in [0.15, 0.2) is 48.5 Å². The Kier molecular flexibility index (Phi) is 5.36. The number of carbonyl (C=O) groups is 1. The molecule has 3 aromatic rings. The minimum atomic E-state index is 0.0483. The molecule has 0 bridgehead atoms. The monoisotopic (exact) mass is 408 g/mol. The first-order chi connectivity index (χ1) is 14.0. The summed E-state index contributed by atoms with van der Waals surface area (Å²) in [6.07, 6.45) is 1.20. The summed E-state index contributed by atoms with van der Waals surface area (Å²) in [5.74, 6) is 1.85. The lowest BCUT2D eigenvalue weighted by Crippen LogP contribution is -2.22. The summed E-state index contributed by atoms with van der Waals surface area (Å²) in [7, 11) is 1.61. The average molecular weight is 409 g/mol. The van der Waals surface area contributed by atoms with Crippen LogP contribution < -0.4 is 15.4 Å². The molecule has 0 spiro atoms. The van der Waals surface area contributed by atoms with Crippen molar-refractivity contribution in [2.24, 2.45) is 5.92 Å². The maximum Gasteiger partial charge on any atom is 0.229 e. The van der Waals surface area contributed by atoms with E-state index in [1.807, 2.05) is 36.4 Å². The lowest BCUT2D eigenvalue weighted by Gasteiger charge is -2.23. The number of nitrogens with one attached hydrogen (secondary N) is 2. The molecule has 7 heteroatoms. The molecule has 0 fully saturated rings. The van der Waals surface area contributed by atoms with E-state index in [9.17, 15) is 4.79 Å². The number of hydrogen-bond acceptors (Lipinski definition) is 6. The number of fused-ring (bicyclic) bond motifs is 1. The standard InChI is InChI=1S/C22H21ClN4O2/c1-13-10-17-20(18(28)11-13)21(24-15-7-5-6-14(23)12-15)27-22(26-17)25-16-8-3-4-9-19(16)29-2/h3-9,12-13H,10-11H2,1-2H3,(H2,24,25,26,27). The van der Waals surface area contributed by atoms with E-state index in [1.165, 1.54) is 0 Å². The highest BCUT2D eigenvalue weighted by Crippen LogP contribution is 2.33. The normalized spacial score (nSPS) is 15.6. The third-order valence-electron chi connectivity index (χ3n) is 4.78. The van der Waals surface area contributed by atoms with Gasteiger partial charge in [0, 0.05) is 17.1 Å². The number of halogens is 1. The van der Waals surface area contributed by atoms with Gasteiger partial charge in [0.15, 0.2) is 5.78 Å². The van der Waals surface area contributed by atoms with Crippen LogP contribution in [0.5, 0.6) is 5.75 Å². The zero-order chi connectivity index (χ0) is 20.4. The van der Waals surface area contributed by atoms with Crippen molar-refractivity contribution in [3.05, 3.63) is 64.8 Å². The van der Waals surface area contributed by atoms with Gasteiger partial charge in [-0.2, -0.15) is 4.98 Å². The molecular formula is C22H21ClN4O2. The molecule has 4 rings (SSSR count). The Bertz CT molecular complexity index is 1070. The molecular weight excluding hydrogens is 388 g/mol. The Morgan fingerprint density at radius 1 is 1.07 bits per heavy atom. The Balaban J connectivity index is 1.77. The SMILES string of the molecule is COc1ccccc1Nc1nc2c(c(Nc3cccc(Cl)c3)n1)C(=O)CC(C)C2. The highest BCUT2D eigenvalue weighted by atomic mass is 35.5. The molecule has 6 nitrogen and oxygen atoms in total. The maximum atomic E-state index is 12.8. The summed E-state index contributed by atoms with van der Waals surface area (Å²) in [6.45, 7) is 2.06. The predicted molar refractivity (Wildman–Crippen MR) is 115 cm³/mol. The van der Waals surface area contributed by atoms with Crippen LogP contribution >= 0.6 is 11.6 Å². The second kappa shape index (κ2) is 8.09. The Morgan fingerprint density at radius 3 is 2.69 bits per heavy atom. The molecule has 2 aromatic carbocycles. The van der Waals surface area contributed by atoms with E-state index >= 15 is 0 Å². The molecule has 1 aliphatic rings. The molecule has 2 N–H and O–H groups in total. The second-order valence-corrected chi connectivity index (χ2v) is 7.55. The zero-order valence-electron chi connectivity index (χ0n) is 16.2. The van der Waals surface area contributed by atoms with Gasteiger partial charge in [0.25, 0.3) is 0 Å². The van der Waals surface area contributed by atoms with E-state index in [1.54, 1.807) is 19.2 Å². The number of ether oxygens (including phenoxy) is 1. The van der Waals surface area contributed by atoms with Gasteiger partial charge in [0.1, 0.15) is 11.6 Å². The average Bonchev–Trinajstić information content (AvgIpc) is 2.67. The number of para-hydroxylation sites is 2. The molecule has 0 saturated carbocycles. The molecule has 1 aromatic heterocycles. The zero-order valence-corrected chi connectivity index (χ0v) is 17.0. The fourth-order valence-electron chi connectivity index (χ4n) is 3.49. The highest BCUT2D eigenvalue weighted by molar-refractivity contribution is 6.30. The Hall–Kier alpha value is -3.12. The van der Waals surface area contributed by atoms with Gasteiger partial charge in [0.05, 0.1) is 24.1 Å². The van der Waals surface area contributed by atoms with Crippen LogP contribution in [0.25, 0.3) is 0 Å². The fourth-order valence-corrected chi connectivity index (χ4v) is 3.68. The third kappa shape index (κ3) is 4.17. The van der Waals surface area contributed by atoms with E-state index in [-0.39, 0.29) is 11.7 Å². The summed E-state index contributed by atoms with van der Waals surface area (Å²) >= 11 is 6.11. The number of Topliss-reactive ketones (excluding diaryl/α,β-unsaturated/α-hetero) is 1. The topological polar surface area (TPSA) is 76.1 Å². The van der Waals surface area contributed by atoms with Crippen molar-refractivity contribution < 1.29 is 9.53 Å². The second-order valence-electron chi connectivity index (χ2n) is 7.11. The van der Waals surface area contributed by atoms with Crippen molar-refractivity contribution in [3.8, 4) is 5.75 Å². The molecule has 0 radical (unpaired) electrons. The van der Waals surface area contributed by atoms with Gasteiger partial charge < -0.3 is 15.4 Å². The van der Waals surface area contributed by atoms with Gasteiger partial charge in [-0.3, -0.25) is 4.79 Å². The van der Waals surface area contributed by atoms with Gasteiger partial charge >= 0.3 is 0 Å². The molecule has 0 aliphatic heterocycles. The summed E-state index contributed by atoms with van der Waals surface area (Å²) in [4.78, 5) is 22.0. The van der Waals surface area contributed by atoms with Crippen molar-refractivity contribution in [3.63, 3.8) is 0 Å². The number of anilines is 4. The molecule has 0 saturated heterocycles. The lowest BCUT2D eigenvalue weighted by atomic mass is 9.87. The molecule has 0 amide bonds. The predicted octanol–water partition coefficient (Wildman–Crippen LogP) is 5.39. The van der Waals surface area contributed by atoms with Gasteiger partial charge in [-0.1, -0.05) is 36.7 Å². The number of methoxy groups -OCH3 is 1. The van der Waals surface area contributed by atoms with Crippen molar-refractivity contribution >= 4 is 40.5 Å². The minimum absolute atomic E-state index is 0.0483. The van der Waals surface area contributed by atoms with Crippen LogP contribution in [0, 0.1) is 5.92 Å². The van der Waals surface area contributed by atoms with E-state index in [4.69, 9.17) is 16.3 Å². The molecule has 1 aliphatic carbocycles. The van der Waals surface area contributed by atoms with E-state index < -0.39 is 0 Å². The number of hydrogen-bond donors (Lipinski definition) is 2. The summed E-state index contributed by atoms with van der Waals surface area (Å²) in [6, 6.07) is 14.9. The molecule has 29 heavy (non-hydrogen) atoms. The summed E-state index contributed by atoms with van der Waals surface area (Å²) in [5, 5.41) is 7.06. The van der Waals surface area contributed by atoms with Crippen LogP contribution in [-0.4, -0.2) is 22.9 Å². The van der Waals surface area contributed by atoms with Crippen molar-refractivity contribution in [1.82, 2.24) is 9.97 Å².